The summed E-state index contributed by atoms with van der Waals surface area (Å²) in [5, 5.41) is 8.71. The summed E-state index contributed by atoms with van der Waals surface area (Å²) in [6, 6.07) is 14.9. The van der Waals surface area contributed by atoms with Gasteiger partial charge in [0.25, 0.3) is 0 Å². The number of nitrogens with one attached hydrogen (secondary N) is 2. The van der Waals surface area contributed by atoms with E-state index < -0.39 is 5.41 Å². The highest BCUT2D eigenvalue weighted by Crippen LogP contribution is 2.25. The Bertz CT molecular complexity index is 629. The Morgan fingerprint density at radius 1 is 1.14 bits per heavy atom. The molecule has 112 valence electrons. The maximum atomic E-state index is 11.8. The molecule has 1 amide bonds. The summed E-state index contributed by atoms with van der Waals surface area (Å²) in [6.45, 7) is 6.68. The van der Waals surface area contributed by atoms with Crippen LogP contribution < -0.4 is 10.6 Å². The molecule has 0 heterocycles. The van der Waals surface area contributed by atoms with E-state index in [1.165, 1.54) is 16.3 Å². The van der Waals surface area contributed by atoms with Crippen molar-refractivity contribution in [1.82, 2.24) is 10.6 Å². The molecule has 0 spiro atoms. The van der Waals surface area contributed by atoms with Crippen molar-refractivity contribution in [2.45, 2.75) is 26.8 Å². The van der Waals surface area contributed by atoms with Crippen molar-refractivity contribution in [3.8, 4) is 0 Å². The molecule has 2 aromatic rings. The smallest absolute Gasteiger partial charge is 0.226 e. The molecule has 0 aliphatic rings. The van der Waals surface area contributed by atoms with Gasteiger partial charge in [0.1, 0.15) is 0 Å². The zero-order valence-corrected chi connectivity index (χ0v) is 13.2. The van der Waals surface area contributed by atoms with E-state index in [1.807, 2.05) is 13.8 Å². The maximum absolute atomic E-state index is 11.8. The first-order chi connectivity index (χ1) is 9.95. The van der Waals surface area contributed by atoms with Gasteiger partial charge in [0, 0.05) is 19.6 Å². The molecule has 1 unspecified atom stereocenters. The van der Waals surface area contributed by atoms with Gasteiger partial charge in [-0.15, -0.1) is 0 Å². The zero-order chi connectivity index (χ0) is 15.5. The van der Waals surface area contributed by atoms with Gasteiger partial charge >= 0.3 is 0 Å². The third kappa shape index (κ3) is 3.42. The molecule has 0 aliphatic heterocycles. The van der Waals surface area contributed by atoms with E-state index in [1.54, 1.807) is 7.05 Å². The van der Waals surface area contributed by atoms with Gasteiger partial charge in [0.15, 0.2) is 0 Å². The minimum Gasteiger partial charge on any atom is -0.359 e. The summed E-state index contributed by atoms with van der Waals surface area (Å²) < 4.78 is 0. The third-order valence-electron chi connectivity index (χ3n) is 3.98. The lowest BCUT2D eigenvalue weighted by Crippen LogP contribution is -2.42. The lowest BCUT2D eigenvalue weighted by Gasteiger charge is -2.26. The quantitative estimate of drug-likeness (QED) is 0.885. The second kappa shape index (κ2) is 6.27. The van der Waals surface area contributed by atoms with Gasteiger partial charge in [-0.1, -0.05) is 42.5 Å². The van der Waals surface area contributed by atoms with Crippen LogP contribution in [-0.2, 0) is 4.79 Å². The Hall–Kier alpha value is -1.87. The number of rotatable bonds is 5. The van der Waals surface area contributed by atoms with E-state index in [4.69, 9.17) is 0 Å². The van der Waals surface area contributed by atoms with Gasteiger partial charge in [-0.05, 0) is 37.1 Å². The van der Waals surface area contributed by atoms with Crippen LogP contribution in [0.2, 0.25) is 0 Å². The van der Waals surface area contributed by atoms with E-state index in [0.717, 1.165) is 0 Å². The van der Waals surface area contributed by atoms with Gasteiger partial charge < -0.3 is 10.6 Å². The topological polar surface area (TPSA) is 41.1 Å². The van der Waals surface area contributed by atoms with Gasteiger partial charge in [-0.25, -0.2) is 0 Å². The molecule has 2 aromatic carbocycles. The van der Waals surface area contributed by atoms with E-state index in [9.17, 15) is 4.79 Å². The van der Waals surface area contributed by atoms with Gasteiger partial charge in [-0.2, -0.15) is 0 Å². The summed E-state index contributed by atoms with van der Waals surface area (Å²) in [5.41, 5.74) is 0.842. The molecule has 3 heteroatoms. The average Bonchev–Trinajstić information content (AvgIpc) is 2.51. The molecule has 0 saturated carbocycles. The summed E-state index contributed by atoms with van der Waals surface area (Å²) in [6.07, 6.45) is 0. The Balaban J connectivity index is 2.16. The van der Waals surface area contributed by atoms with Crippen LogP contribution in [-0.4, -0.2) is 19.5 Å². The van der Waals surface area contributed by atoms with Crippen molar-refractivity contribution in [2.75, 3.05) is 13.6 Å². The Labute approximate surface area is 126 Å². The number of hydrogen-bond donors (Lipinski definition) is 2. The monoisotopic (exact) mass is 284 g/mol. The predicted octanol–water partition coefficient (Wildman–Crippen LogP) is 3.26. The molecule has 0 radical (unpaired) electrons. The highest BCUT2D eigenvalue weighted by molar-refractivity contribution is 5.86. The molecule has 2 N–H and O–H groups in total. The van der Waals surface area contributed by atoms with Crippen LogP contribution in [0.25, 0.3) is 10.8 Å². The number of carbonyl (C=O) groups excluding carboxylic acids is 1. The Morgan fingerprint density at radius 2 is 1.81 bits per heavy atom. The minimum absolute atomic E-state index is 0.0557. The van der Waals surface area contributed by atoms with Crippen LogP contribution in [0.4, 0.5) is 0 Å². The molecule has 3 nitrogen and oxygen atoms in total. The second-order valence-electron chi connectivity index (χ2n) is 6.13. The van der Waals surface area contributed by atoms with Crippen molar-refractivity contribution in [3.05, 3.63) is 48.0 Å². The first kappa shape index (κ1) is 15.5. The molecular formula is C18H24N2O. The number of benzene rings is 2. The lowest BCUT2D eigenvalue weighted by atomic mass is 9.91. The molecule has 0 aromatic heterocycles. The number of carbonyl (C=O) groups is 1. The summed E-state index contributed by atoms with van der Waals surface area (Å²) in [5.74, 6) is 0.0557. The molecule has 0 fully saturated rings. The lowest BCUT2D eigenvalue weighted by molar-refractivity contribution is -0.128. The standard InChI is InChI=1S/C18H24N2O/c1-13(20-12-18(2,3)17(21)19-4)15-11-7-9-14-8-5-6-10-16(14)15/h5-11,13,20H,12H2,1-4H3,(H,19,21). The average molecular weight is 284 g/mol. The minimum atomic E-state index is -0.423. The van der Waals surface area contributed by atoms with Crippen molar-refractivity contribution in [2.24, 2.45) is 5.41 Å². The van der Waals surface area contributed by atoms with Crippen LogP contribution in [0.3, 0.4) is 0 Å². The molecule has 1 atom stereocenters. The fourth-order valence-corrected chi connectivity index (χ4v) is 2.56. The number of hydrogen-bond acceptors (Lipinski definition) is 2. The normalized spacial score (nSPS) is 13.1. The zero-order valence-electron chi connectivity index (χ0n) is 13.2. The van der Waals surface area contributed by atoms with E-state index in [-0.39, 0.29) is 11.9 Å². The SMILES string of the molecule is CNC(=O)C(C)(C)CNC(C)c1cccc2ccccc12. The number of amides is 1. The molecule has 2 rings (SSSR count). The van der Waals surface area contributed by atoms with Crippen LogP contribution in [0.1, 0.15) is 32.4 Å². The van der Waals surface area contributed by atoms with E-state index in [0.29, 0.717) is 6.54 Å². The van der Waals surface area contributed by atoms with Crippen LogP contribution >= 0.6 is 0 Å². The first-order valence-corrected chi connectivity index (χ1v) is 7.39. The maximum Gasteiger partial charge on any atom is 0.226 e. The van der Waals surface area contributed by atoms with E-state index >= 15 is 0 Å². The molecular weight excluding hydrogens is 260 g/mol. The fraction of sp³-hybridized carbons (Fsp3) is 0.389. The third-order valence-corrected chi connectivity index (χ3v) is 3.98. The van der Waals surface area contributed by atoms with Gasteiger partial charge in [0.05, 0.1) is 5.41 Å². The van der Waals surface area contributed by atoms with Crippen LogP contribution in [0.5, 0.6) is 0 Å². The fourth-order valence-electron chi connectivity index (χ4n) is 2.56. The van der Waals surface area contributed by atoms with Gasteiger partial charge in [-0.3, -0.25) is 4.79 Å². The van der Waals surface area contributed by atoms with Crippen LogP contribution in [0.15, 0.2) is 42.5 Å². The largest absolute Gasteiger partial charge is 0.359 e. The molecule has 0 aliphatic carbocycles. The van der Waals surface area contributed by atoms with Crippen molar-refractivity contribution in [1.29, 1.82) is 0 Å². The van der Waals surface area contributed by atoms with Crippen LogP contribution in [0, 0.1) is 5.41 Å². The molecule has 0 bridgehead atoms. The summed E-state index contributed by atoms with van der Waals surface area (Å²) in [4.78, 5) is 11.8. The summed E-state index contributed by atoms with van der Waals surface area (Å²) in [7, 11) is 1.68. The first-order valence-electron chi connectivity index (χ1n) is 7.39. The molecule has 21 heavy (non-hydrogen) atoms. The highest BCUT2D eigenvalue weighted by Gasteiger charge is 2.27. The predicted molar refractivity (Wildman–Crippen MR) is 88.2 cm³/mol. The number of fused-ring (bicyclic) bond motifs is 1. The van der Waals surface area contributed by atoms with Crippen molar-refractivity contribution in [3.63, 3.8) is 0 Å². The highest BCUT2D eigenvalue weighted by atomic mass is 16.2. The Kier molecular flexibility index (Phi) is 4.63. The van der Waals surface area contributed by atoms with Gasteiger partial charge in [0.2, 0.25) is 5.91 Å². The second-order valence-corrected chi connectivity index (χ2v) is 6.13. The molecule has 0 saturated heterocycles. The summed E-state index contributed by atoms with van der Waals surface area (Å²) >= 11 is 0. The van der Waals surface area contributed by atoms with E-state index in [2.05, 4.69) is 60.0 Å². The Morgan fingerprint density at radius 3 is 2.52 bits per heavy atom. The van der Waals surface area contributed by atoms with Crippen molar-refractivity contribution < 1.29 is 4.79 Å². The van der Waals surface area contributed by atoms with Crippen molar-refractivity contribution >= 4 is 16.7 Å².